The maximum absolute atomic E-state index is 2.44. The maximum atomic E-state index is 2.44. The predicted molar refractivity (Wildman–Crippen MR) is 56.5 cm³/mol. The van der Waals surface area contributed by atoms with Crippen molar-refractivity contribution in [2.24, 2.45) is 10.8 Å². The van der Waals surface area contributed by atoms with Crippen molar-refractivity contribution in [3.8, 4) is 0 Å². The van der Waals surface area contributed by atoms with Gasteiger partial charge in [-0.15, -0.1) is 0 Å². The van der Waals surface area contributed by atoms with Crippen LogP contribution in [0.4, 0.5) is 0 Å². The van der Waals surface area contributed by atoms with Gasteiger partial charge in [0, 0.05) is 11.8 Å². The van der Waals surface area contributed by atoms with E-state index in [-0.39, 0.29) is 0 Å². The lowest BCUT2D eigenvalue weighted by molar-refractivity contribution is -0.881. The fraction of sp³-hybridized carbons (Fsp3) is 1.00. The summed E-state index contributed by atoms with van der Waals surface area (Å²) in [6, 6.07) is 0. The monoisotopic (exact) mass is 182 g/mol. The molecule has 1 aliphatic heterocycles. The number of hydrogen-bond acceptors (Lipinski definition) is 0. The summed E-state index contributed by atoms with van der Waals surface area (Å²) in [7, 11) is 4.78. The molecule has 0 aromatic carbocycles. The molecular formula is C12H24N+. The number of nitrogens with zero attached hydrogens (tertiary/aromatic N) is 1. The second kappa shape index (κ2) is 2.50. The predicted octanol–water partition coefficient (Wildman–Crippen LogP) is 2.66. The standard InChI is InChI=1S/C12H24N/c1-11(2)5-6-12(9-11)7-8-13(3,4)10-12/h5-10H2,1-4H3/q+1. The highest BCUT2D eigenvalue weighted by Gasteiger charge is 2.51. The van der Waals surface area contributed by atoms with Crippen molar-refractivity contribution in [2.75, 3.05) is 27.2 Å². The lowest BCUT2D eigenvalue weighted by Gasteiger charge is -2.28. The molecule has 1 heterocycles. The molecule has 2 fully saturated rings. The Morgan fingerprint density at radius 3 is 2.08 bits per heavy atom. The van der Waals surface area contributed by atoms with Crippen LogP contribution in [-0.2, 0) is 0 Å². The molecule has 1 aliphatic carbocycles. The first kappa shape index (κ1) is 9.51. The smallest absolute Gasteiger partial charge is 0.0842 e. The van der Waals surface area contributed by atoms with Gasteiger partial charge in [0.1, 0.15) is 0 Å². The van der Waals surface area contributed by atoms with Gasteiger partial charge in [0.25, 0.3) is 0 Å². The molecule has 0 aromatic rings. The summed E-state index contributed by atoms with van der Waals surface area (Å²) in [6.07, 6.45) is 5.89. The Labute approximate surface area is 82.7 Å². The van der Waals surface area contributed by atoms with Gasteiger partial charge in [-0.25, -0.2) is 0 Å². The van der Waals surface area contributed by atoms with E-state index in [0.29, 0.717) is 5.41 Å². The zero-order chi connectivity index (χ0) is 9.74. The minimum atomic E-state index is 0.629. The molecule has 1 saturated heterocycles. The Morgan fingerprint density at radius 2 is 1.69 bits per heavy atom. The van der Waals surface area contributed by atoms with E-state index >= 15 is 0 Å². The molecular weight excluding hydrogens is 158 g/mol. The van der Waals surface area contributed by atoms with Crippen molar-refractivity contribution in [3.63, 3.8) is 0 Å². The maximum Gasteiger partial charge on any atom is 0.0842 e. The number of quaternary nitrogens is 1. The first-order valence-corrected chi connectivity index (χ1v) is 5.65. The van der Waals surface area contributed by atoms with Crippen LogP contribution in [0.2, 0.25) is 0 Å². The van der Waals surface area contributed by atoms with E-state index in [1.54, 1.807) is 0 Å². The first-order chi connectivity index (χ1) is 5.83. The molecule has 1 saturated carbocycles. The summed E-state index contributed by atoms with van der Waals surface area (Å²) >= 11 is 0. The fourth-order valence-corrected chi connectivity index (χ4v) is 3.75. The molecule has 2 aliphatic rings. The topological polar surface area (TPSA) is 0 Å². The highest BCUT2D eigenvalue weighted by atomic mass is 15.3. The zero-order valence-electron chi connectivity index (χ0n) is 9.69. The van der Waals surface area contributed by atoms with Gasteiger partial charge in [-0.3, -0.25) is 0 Å². The van der Waals surface area contributed by atoms with Crippen LogP contribution < -0.4 is 0 Å². The molecule has 0 bridgehead atoms. The van der Waals surface area contributed by atoms with Crippen LogP contribution in [0, 0.1) is 10.8 Å². The summed E-state index contributed by atoms with van der Waals surface area (Å²) in [5.74, 6) is 0. The molecule has 76 valence electrons. The van der Waals surface area contributed by atoms with Gasteiger partial charge in [0.15, 0.2) is 0 Å². The van der Waals surface area contributed by atoms with Crippen molar-refractivity contribution in [1.29, 1.82) is 0 Å². The molecule has 1 unspecified atom stereocenters. The fourth-order valence-electron chi connectivity index (χ4n) is 3.75. The quantitative estimate of drug-likeness (QED) is 0.505. The molecule has 2 rings (SSSR count). The van der Waals surface area contributed by atoms with E-state index in [4.69, 9.17) is 0 Å². The largest absolute Gasteiger partial charge is 0.328 e. The zero-order valence-corrected chi connectivity index (χ0v) is 9.69. The van der Waals surface area contributed by atoms with E-state index in [1.165, 1.54) is 43.3 Å². The molecule has 0 aromatic heterocycles. The van der Waals surface area contributed by atoms with Crippen LogP contribution in [0.1, 0.15) is 39.5 Å². The number of rotatable bonds is 0. The Kier molecular flexibility index (Phi) is 1.83. The summed E-state index contributed by atoms with van der Waals surface area (Å²) in [5.41, 5.74) is 1.36. The molecule has 1 heteroatoms. The Bertz CT molecular complexity index is 191. The van der Waals surface area contributed by atoms with Gasteiger partial charge in [0.2, 0.25) is 0 Å². The molecule has 13 heavy (non-hydrogen) atoms. The second-order valence-electron chi connectivity index (χ2n) is 6.91. The Hall–Kier alpha value is -0.0400. The third kappa shape index (κ3) is 1.76. The van der Waals surface area contributed by atoms with Gasteiger partial charge in [-0.2, -0.15) is 0 Å². The minimum absolute atomic E-state index is 0.629. The number of hydrogen-bond donors (Lipinski definition) is 0. The first-order valence-electron chi connectivity index (χ1n) is 5.65. The van der Waals surface area contributed by atoms with Gasteiger partial charge >= 0.3 is 0 Å². The minimum Gasteiger partial charge on any atom is -0.328 e. The van der Waals surface area contributed by atoms with Crippen LogP contribution in [0.25, 0.3) is 0 Å². The average molecular weight is 182 g/mol. The number of likely N-dealkylation sites (tertiary alicyclic amines) is 1. The van der Waals surface area contributed by atoms with E-state index in [9.17, 15) is 0 Å². The van der Waals surface area contributed by atoms with E-state index in [2.05, 4.69) is 27.9 Å². The van der Waals surface area contributed by atoms with E-state index < -0.39 is 0 Å². The molecule has 0 amide bonds. The van der Waals surface area contributed by atoms with Gasteiger partial charge in [0.05, 0.1) is 27.2 Å². The van der Waals surface area contributed by atoms with Crippen LogP contribution in [0.3, 0.4) is 0 Å². The van der Waals surface area contributed by atoms with Gasteiger partial charge < -0.3 is 4.48 Å². The summed E-state index contributed by atoms with van der Waals surface area (Å²) in [4.78, 5) is 0. The van der Waals surface area contributed by atoms with Crippen LogP contribution in [-0.4, -0.2) is 31.7 Å². The lowest BCUT2D eigenvalue weighted by Crippen LogP contribution is -2.38. The lowest BCUT2D eigenvalue weighted by atomic mass is 9.81. The van der Waals surface area contributed by atoms with Crippen molar-refractivity contribution >= 4 is 0 Å². The molecule has 0 radical (unpaired) electrons. The Morgan fingerprint density at radius 1 is 1.00 bits per heavy atom. The normalized spacial score (nSPS) is 41.5. The summed E-state index contributed by atoms with van der Waals surface area (Å²) in [6.45, 7) is 7.71. The van der Waals surface area contributed by atoms with Crippen LogP contribution in [0.15, 0.2) is 0 Å². The highest BCUT2D eigenvalue weighted by Crippen LogP contribution is 2.54. The molecule has 1 nitrogen and oxygen atoms in total. The van der Waals surface area contributed by atoms with Crippen molar-refractivity contribution in [2.45, 2.75) is 39.5 Å². The average Bonchev–Trinajstić information content (AvgIpc) is 2.37. The SMILES string of the molecule is CC1(C)CCC2(CC[N+](C)(C)C2)C1. The second-order valence-corrected chi connectivity index (χ2v) is 6.91. The van der Waals surface area contributed by atoms with E-state index in [1.807, 2.05) is 0 Å². The van der Waals surface area contributed by atoms with Crippen molar-refractivity contribution in [1.82, 2.24) is 0 Å². The summed E-state index contributed by atoms with van der Waals surface area (Å²) < 4.78 is 1.26. The van der Waals surface area contributed by atoms with Gasteiger partial charge in [-0.05, 0) is 24.7 Å². The Balaban J connectivity index is 2.10. The summed E-state index contributed by atoms with van der Waals surface area (Å²) in [5, 5.41) is 0. The van der Waals surface area contributed by atoms with Crippen molar-refractivity contribution < 1.29 is 4.48 Å². The molecule has 1 spiro atoms. The third-order valence-electron chi connectivity index (χ3n) is 4.20. The van der Waals surface area contributed by atoms with Crippen molar-refractivity contribution in [3.05, 3.63) is 0 Å². The molecule has 1 atom stereocenters. The van der Waals surface area contributed by atoms with Crippen LogP contribution in [0.5, 0.6) is 0 Å². The van der Waals surface area contributed by atoms with E-state index in [0.717, 1.165) is 5.41 Å². The third-order valence-corrected chi connectivity index (χ3v) is 4.20. The van der Waals surface area contributed by atoms with Gasteiger partial charge in [-0.1, -0.05) is 13.8 Å². The highest BCUT2D eigenvalue weighted by molar-refractivity contribution is 4.95. The molecule has 0 N–H and O–H groups in total. The van der Waals surface area contributed by atoms with Crippen LogP contribution >= 0.6 is 0 Å².